The second kappa shape index (κ2) is 3.98. The standard InChI is InChI=1S/C2F4.H2S/c3-1(4)2(5)6;/h;1H2. The van der Waals surface area contributed by atoms with Gasteiger partial charge in [-0.3, -0.25) is 0 Å². The van der Waals surface area contributed by atoms with Crippen LogP contribution in [0.1, 0.15) is 0 Å². The summed E-state index contributed by atoms with van der Waals surface area (Å²) in [5, 5.41) is 0. The molecule has 0 saturated heterocycles. The van der Waals surface area contributed by atoms with Crippen molar-refractivity contribution < 1.29 is 17.6 Å². The molecular formula is C2H2F4S. The first-order valence-electron chi connectivity index (χ1n) is 1.01. The van der Waals surface area contributed by atoms with Crippen LogP contribution in [0.2, 0.25) is 0 Å². The van der Waals surface area contributed by atoms with Gasteiger partial charge in [-0.05, 0) is 0 Å². The van der Waals surface area contributed by atoms with Crippen LogP contribution in [0.3, 0.4) is 0 Å². The lowest BCUT2D eigenvalue weighted by Crippen LogP contribution is -1.56. The summed E-state index contributed by atoms with van der Waals surface area (Å²) in [7, 11) is 0. The van der Waals surface area contributed by atoms with Crippen LogP contribution in [0.15, 0.2) is 12.2 Å². The number of halogens is 4. The van der Waals surface area contributed by atoms with E-state index in [-0.39, 0.29) is 13.5 Å². The molecule has 0 aliphatic heterocycles. The third-order valence-corrected chi connectivity index (χ3v) is 0.143. The Morgan fingerprint density at radius 3 is 0.857 bits per heavy atom. The van der Waals surface area contributed by atoms with Crippen LogP contribution in [-0.2, 0) is 0 Å². The van der Waals surface area contributed by atoms with Gasteiger partial charge in [0.25, 0.3) is 0 Å². The average molecular weight is 134 g/mol. The van der Waals surface area contributed by atoms with Gasteiger partial charge >= 0.3 is 12.2 Å². The van der Waals surface area contributed by atoms with Crippen molar-refractivity contribution in [2.45, 2.75) is 0 Å². The first kappa shape index (κ1) is 9.94. The van der Waals surface area contributed by atoms with E-state index < -0.39 is 12.2 Å². The van der Waals surface area contributed by atoms with Crippen molar-refractivity contribution in [3.8, 4) is 0 Å². The first-order valence-corrected chi connectivity index (χ1v) is 1.01. The van der Waals surface area contributed by atoms with Crippen molar-refractivity contribution in [3.63, 3.8) is 0 Å². The van der Waals surface area contributed by atoms with Crippen molar-refractivity contribution in [2.24, 2.45) is 0 Å². The molecule has 0 amide bonds. The maximum atomic E-state index is 10.3. The Bertz CT molecular complexity index is 59.8. The fourth-order valence-corrected chi connectivity index (χ4v) is 0. The van der Waals surface area contributed by atoms with Crippen LogP contribution in [0.4, 0.5) is 17.6 Å². The largest absolute Gasteiger partial charge is 0.334 e. The zero-order chi connectivity index (χ0) is 5.15. The molecule has 0 N–H and O–H groups in total. The van der Waals surface area contributed by atoms with Gasteiger partial charge in [-0.25, -0.2) is 0 Å². The van der Waals surface area contributed by atoms with Gasteiger partial charge in [0.1, 0.15) is 0 Å². The highest BCUT2D eigenvalue weighted by Crippen LogP contribution is 2.08. The van der Waals surface area contributed by atoms with E-state index in [9.17, 15) is 17.6 Å². The Hall–Kier alpha value is -0.190. The molecule has 0 nitrogen and oxygen atoms in total. The lowest BCUT2D eigenvalue weighted by atomic mass is 11.1. The van der Waals surface area contributed by atoms with E-state index in [4.69, 9.17) is 0 Å². The molecule has 0 heterocycles. The Morgan fingerprint density at radius 1 is 0.714 bits per heavy atom. The fraction of sp³-hybridized carbons (Fsp3) is 0. The molecule has 0 atom stereocenters. The SMILES string of the molecule is FC(F)=C(F)F.S. The summed E-state index contributed by atoms with van der Waals surface area (Å²) in [5.41, 5.74) is 0. The number of rotatable bonds is 0. The minimum Gasteiger partial charge on any atom is -0.197 e. The molecule has 0 saturated carbocycles. The molecule has 0 aromatic heterocycles. The lowest BCUT2D eigenvalue weighted by Gasteiger charge is -1.69. The molecule has 0 spiro atoms. The van der Waals surface area contributed by atoms with E-state index in [2.05, 4.69) is 0 Å². The molecule has 0 aliphatic rings. The van der Waals surface area contributed by atoms with Crippen molar-refractivity contribution in [2.75, 3.05) is 0 Å². The molecule has 0 aromatic carbocycles. The predicted molar refractivity (Wildman–Crippen MR) is 21.8 cm³/mol. The van der Waals surface area contributed by atoms with Gasteiger partial charge < -0.3 is 0 Å². The highest BCUT2D eigenvalue weighted by atomic mass is 32.1. The van der Waals surface area contributed by atoms with E-state index in [1.165, 1.54) is 0 Å². The monoisotopic (exact) mass is 134 g/mol. The van der Waals surface area contributed by atoms with Gasteiger partial charge in [0.15, 0.2) is 0 Å². The van der Waals surface area contributed by atoms with Crippen molar-refractivity contribution in [1.82, 2.24) is 0 Å². The molecule has 5 heteroatoms. The topological polar surface area (TPSA) is 0 Å². The molecule has 0 unspecified atom stereocenters. The van der Waals surface area contributed by atoms with Crippen LogP contribution >= 0.6 is 13.5 Å². The number of hydrogen-bond acceptors (Lipinski definition) is 0. The van der Waals surface area contributed by atoms with Crippen LogP contribution in [0, 0.1) is 0 Å². The highest BCUT2D eigenvalue weighted by Gasteiger charge is 1.98. The van der Waals surface area contributed by atoms with Crippen LogP contribution in [0.25, 0.3) is 0 Å². The summed E-state index contributed by atoms with van der Waals surface area (Å²) in [4.78, 5) is 0. The molecule has 0 aliphatic carbocycles. The molecule has 7 heavy (non-hydrogen) atoms. The Labute approximate surface area is 44.3 Å². The molecular weight excluding hydrogens is 132 g/mol. The Kier molecular flexibility index (Phi) is 5.65. The maximum absolute atomic E-state index is 10.3. The fourth-order valence-electron chi connectivity index (χ4n) is 0. The van der Waals surface area contributed by atoms with Gasteiger partial charge in [0.2, 0.25) is 0 Å². The minimum absolute atomic E-state index is 0. The molecule has 44 valence electrons. The van der Waals surface area contributed by atoms with Gasteiger partial charge in [-0.1, -0.05) is 0 Å². The van der Waals surface area contributed by atoms with Crippen LogP contribution in [-0.4, -0.2) is 0 Å². The summed E-state index contributed by atoms with van der Waals surface area (Å²) in [6, 6.07) is 0. The van der Waals surface area contributed by atoms with E-state index in [1.54, 1.807) is 0 Å². The van der Waals surface area contributed by atoms with Crippen LogP contribution in [0.5, 0.6) is 0 Å². The smallest absolute Gasteiger partial charge is 0.197 e. The summed E-state index contributed by atoms with van der Waals surface area (Å²) in [5.74, 6) is 0. The summed E-state index contributed by atoms with van der Waals surface area (Å²) in [6.45, 7) is 0. The van der Waals surface area contributed by atoms with Crippen LogP contribution < -0.4 is 0 Å². The van der Waals surface area contributed by atoms with Gasteiger partial charge in [0.05, 0.1) is 0 Å². The van der Waals surface area contributed by atoms with Crippen molar-refractivity contribution in [3.05, 3.63) is 12.2 Å². The third kappa shape index (κ3) is 5.81. The van der Waals surface area contributed by atoms with E-state index >= 15 is 0 Å². The lowest BCUT2D eigenvalue weighted by molar-refractivity contribution is 0.308. The third-order valence-electron chi connectivity index (χ3n) is 0.143. The average Bonchev–Trinajstić information content (AvgIpc) is 1.36. The number of hydrogen-bond donors (Lipinski definition) is 0. The zero-order valence-electron chi connectivity index (χ0n) is 3.01. The molecule has 0 rings (SSSR count). The summed E-state index contributed by atoms with van der Waals surface area (Å²) >= 11 is 0. The van der Waals surface area contributed by atoms with Crippen molar-refractivity contribution in [1.29, 1.82) is 0 Å². The Morgan fingerprint density at radius 2 is 0.857 bits per heavy atom. The minimum atomic E-state index is -2.91. The second-order valence-electron chi connectivity index (χ2n) is 0.521. The molecule has 0 radical (unpaired) electrons. The van der Waals surface area contributed by atoms with Crippen molar-refractivity contribution >= 4 is 13.5 Å². The molecule has 0 fully saturated rings. The second-order valence-corrected chi connectivity index (χ2v) is 0.521. The summed E-state index contributed by atoms with van der Waals surface area (Å²) < 4.78 is 41.1. The summed E-state index contributed by atoms with van der Waals surface area (Å²) in [6.07, 6.45) is -5.81. The molecule has 0 aromatic rings. The van der Waals surface area contributed by atoms with E-state index in [0.29, 0.717) is 0 Å². The quantitative estimate of drug-likeness (QED) is 0.445. The maximum Gasteiger partial charge on any atom is 0.334 e. The first-order chi connectivity index (χ1) is 2.64. The van der Waals surface area contributed by atoms with E-state index in [1.807, 2.05) is 0 Å². The van der Waals surface area contributed by atoms with Gasteiger partial charge in [0, 0.05) is 0 Å². The normalized spacial score (nSPS) is 6.86. The van der Waals surface area contributed by atoms with Gasteiger partial charge in [-0.15, -0.1) is 0 Å². The van der Waals surface area contributed by atoms with Gasteiger partial charge in [-0.2, -0.15) is 31.1 Å². The zero-order valence-corrected chi connectivity index (χ0v) is 4.01. The Balaban J connectivity index is 0. The van der Waals surface area contributed by atoms with E-state index in [0.717, 1.165) is 0 Å². The predicted octanol–water partition coefficient (Wildman–Crippen LogP) is 2.10. The highest BCUT2D eigenvalue weighted by molar-refractivity contribution is 7.59. The molecule has 0 bridgehead atoms.